The number of fused-ring (bicyclic) bond motifs is 3. The van der Waals surface area contributed by atoms with Crippen LogP contribution < -0.4 is 9.47 Å². The highest BCUT2D eigenvalue weighted by atomic mass is 35.5. The van der Waals surface area contributed by atoms with E-state index in [4.69, 9.17) is 9.47 Å². The zero-order chi connectivity index (χ0) is 23.2. The first-order valence-electron chi connectivity index (χ1n) is 11.5. The second-order valence-electron chi connectivity index (χ2n) is 8.76. The van der Waals surface area contributed by atoms with Crippen molar-refractivity contribution in [3.63, 3.8) is 0 Å². The Morgan fingerprint density at radius 1 is 1.09 bits per heavy atom. The molecule has 35 heavy (non-hydrogen) atoms. The Labute approximate surface area is 210 Å². The van der Waals surface area contributed by atoms with Gasteiger partial charge in [-0.3, -0.25) is 4.79 Å². The molecular weight excluding hydrogens is 462 g/mol. The minimum atomic E-state index is -0.0434. The minimum Gasteiger partial charge on any atom is -0.454 e. The second kappa shape index (κ2) is 9.12. The van der Waals surface area contributed by atoms with Crippen LogP contribution in [-0.4, -0.2) is 33.7 Å². The second-order valence-corrected chi connectivity index (χ2v) is 8.76. The van der Waals surface area contributed by atoms with Gasteiger partial charge in [-0.2, -0.15) is 0 Å². The van der Waals surface area contributed by atoms with Crippen molar-refractivity contribution < 1.29 is 14.3 Å². The number of halogens is 1. The predicted molar refractivity (Wildman–Crippen MR) is 139 cm³/mol. The van der Waals surface area contributed by atoms with E-state index >= 15 is 0 Å². The van der Waals surface area contributed by atoms with E-state index in [1.165, 1.54) is 5.56 Å². The number of nitrogens with zero attached hydrogens (tertiary/aromatic N) is 3. The summed E-state index contributed by atoms with van der Waals surface area (Å²) >= 11 is 0. The number of hydrogen-bond acceptors (Lipinski definition) is 4. The van der Waals surface area contributed by atoms with E-state index in [9.17, 15) is 4.79 Å². The normalized spacial score (nSPS) is 16.4. The standard InChI is InChI=1S/C28H25N3O3.ClH/c1-18-23-16-25-24(33-17-34-25)15-20(23)12-14-31(18)26(32)11-10-21-22-9-6-13-29-28(22)30(2)27(21)19-7-4-3-5-8-19;/h3-11,13,15-16,18H,12,14,17H2,1-2H3;1H. The van der Waals surface area contributed by atoms with Gasteiger partial charge in [0.25, 0.3) is 0 Å². The lowest BCUT2D eigenvalue weighted by molar-refractivity contribution is -0.128. The lowest BCUT2D eigenvalue weighted by atomic mass is 9.92. The van der Waals surface area contributed by atoms with Crippen LogP contribution in [0.15, 0.2) is 66.9 Å². The molecule has 7 heteroatoms. The maximum Gasteiger partial charge on any atom is 0.247 e. The topological polar surface area (TPSA) is 56.6 Å². The molecule has 0 aliphatic carbocycles. The van der Waals surface area contributed by atoms with E-state index in [0.29, 0.717) is 6.54 Å². The molecule has 0 saturated carbocycles. The Bertz CT molecular complexity index is 1450. The number of carbonyl (C=O) groups is 1. The molecule has 0 fully saturated rings. The first-order valence-corrected chi connectivity index (χ1v) is 11.5. The van der Waals surface area contributed by atoms with Gasteiger partial charge in [-0.25, -0.2) is 4.98 Å². The highest BCUT2D eigenvalue weighted by molar-refractivity contribution is 6.00. The van der Waals surface area contributed by atoms with Crippen LogP contribution >= 0.6 is 12.4 Å². The molecule has 4 heterocycles. The van der Waals surface area contributed by atoms with Crippen molar-refractivity contribution >= 4 is 35.4 Å². The molecule has 1 unspecified atom stereocenters. The Morgan fingerprint density at radius 2 is 1.86 bits per heavy atom. The van der Waals surface area contributed by atoms with Crippen LogP contribution in [0.25, 0.3) is 28.4 Å². The Balaban J connectivity index is 0.00000253. The minimum absolute atomic E-state index is 0. The lowest BCUT2D eigenvalue weighted by Crippen LogP contribution is -2.37. The van der Waals surface area contributed by atoms with Gasteiger partial charge >= 0.3 is 0 Å². The Kier molecular flexibility index (Phi) is 5.99. The average molecular weight is 488 g/mol. The third-order valence-electron chi connectivity index (χ3n) is 6.88. The van der Waals surface area contributed by atoms with Crippen molar-refractivity contribution in [3.05, 3.63) is 83.6 Å². The number of aryl methyl sites for hydroxylation is 1. The first kappa shape index (κ1) is 23.0. The first-order chi connectivity index (χ1) is 16.6. The monoisotopic (exact) mass is 487 g/mol. The van der Waals surface area contributed by atoms with Gasteiger partial charge in [0.05, 0.1) is 11.7 Å². The number of pyridine rings is 1. The fourth-order valence-corrected chi connectivity index (χ4v) is 5.16. The summed E-state index contributed by atoms with van der Waals surface area (Å²) in [4.78, 5) is 19.9. The number of amides is 1. The number of carbonyl (C=O) groups excluding carboxylic acids is 1. The van der Waals surface area contributed by atoms with Gasteiger partial charge in [0.1, 0.15) is 5.65 Å². The van der Waals surface area contributed by atoms with Crippen molar-refractivity contribution in [1.82, 2.24) is 14.5 Å². The molecule has 4 aromatic rings. The number of aromatic nitrogens is 2. The van der Waals surface area contributed by atoms with Gasteiger partial charge in [0.2, 0.25) is 12.7 Å². The zero-order valence-corrected chi connectivity index (χ0v) is 20.4. The van der Waals surface area contributed by atoms with Gasteiger partial charge in [-0.1, -0.05) is 30.3 Å². The molecular formula is C28H26ClN3O3. The maximum absolute atomic E-state index is 13.4. The summed E-state index contributed by atoms with van der Waals surface area (Å²) in [7, 11) is 2.02. The van der Waals surface area contributed by atoms with E-state index < -0.39 is 0 Å². The molecule has 6 nitrogen and oxygen atoms in total. The van der Waals surface area contributed by atoms with E-state index in [2.05, 4.69) is 40.7 Å². The van der Waals surface area contributed by atoms with Crippen LogP contribution in [-0.2, 0) is 18.3 Å². The van der Waals surface area contributed by atoms with Crippen LogP contribution in [0.4, 0.5) is 0 Å². The van der Waals surface area contributed by atoms with E-state index in [-0.39, 0.29) is 31.1 Å². The fraction of sp³-hybridized carbons (Fsp3) is 0.214. The molecule has 1 amide bonds. The SMILES string of the molecule is CC1c2cc3c(cc2CCN1C(=O)C=Cc1c(-c2ccccc2)n(C)c2ncccc12)OCO3.Cl. The van der Waals surface area contributed by atoms with Gasteiger partial charge in [-0.05, 0) is 60.4 Å². The molecule has 0 saturated heterocycles. The highest BCUT2D eigenvalue weighted by Crippen LogP contribution is 2.40. The molecule has 0 bridgehead atoms. The van der Waals surface area contributed by atoms with Gasteiger partial charge in [0, 0.05) is 36.8 Å². The molecule has 0 radical (unpaired) electrons. The van der Waals surface area contributed by atoms with Crippen LogP contribution in [0.1, 0.15) is 29.7 Å². The fourth-order valence-electron chi connectivity index (χ4n) is 5.16. The lowest BCUT2D eigenvalue weighted by Gasteiger charge is -2.34. The maximum atomic E-state index is 13.4. The summed E-state index contributed by atoms with van der Waals surface area (Å²) in [6, 6.07) is 18.3. The number of benzene rings is 2. The van der Waals surface area contributed by atoms with Crippen molar-refractivity contribution in [2.45, 2.75) is 19.4 Å². The molecule has 6 rings (SSSR count). The highest BCUT2D eigenvalue weighted by Gasteiger charge is 2.29. The largest absolute Gasteiger partial charge is 0.454 e. The summed E-state index contributed by atoms with van der Waals surface area (Å²) in [6.07, 6.45) is 6.23. The molecule has 2 aromatic carbocycles. The van der Waals surface area contributed by atoms with Crippen LogP contribution in [0.2, 0.25) is 0 Å². The third-order valence-corrected chi connectivity index (χ3v) is 6.88. The van der Waals surface area contributed by atoms with E-state index in [1.54, 1.807) is 12.3 Å². The summed E-state index contributed by atoms with van der Waals surface area (Å²) in [6.45, 7) is 2.99. The van der Waals surface area contributed by atoms with Crippen molar-refractivity contribution in [2.75, 3.05) is 13.3 Å². The van der Waals surface area contributed by atoms with Crippen molar-refractivity contribution in [1.29, 1.82) is 0 Å². The molecule has 1 atom stereocenters. The molecule has 2 aromatic heterocycles. The number of ether oxygens (including phenoxy) is 2. The quantitative estimate of drug-likeness (QED) is 0.355. The van der Waals surface area contributed by atoms with Crippen LogP contribution in [0.5, 0.6) is 11.5 Å². The summed E-state index contributed by atoms with van der Waals surface area (Å²) in [5, 5.41) is 1.03. The van der Waals surface area contributed by atoms with E-state index in [0.717, 1.165) is 51.3 Å². The number of rotatable bonds is 3. The molecule has 178 valence electrons. The van der Waals surface area contributed by atoms with Crippen LogP contribution in [0.3, 0.4) is 0 Å². The Morgan fingerprint density at radius 3 is 2.66 bits per heavy atom. The average Bonchev–Trinajstić information content (AvgIpc) is 3.44. The number of hydrogen-bond donors (Lipinski definition) is 0. The van der Waals surface area contributed by atoms with Gasteiger partial charge < -0.3 is 18.9 Å². The Hall–Kier alpha value is -3.77. The smallest absolute Gasteiger partial charge is 0.247 e. The third kappa shape index (κ3) is 3.84. The van der Waals surface area contributed by atoms with Crippen molar-refractivity contribution in [3.8, 4) is 22.8 Å². The van der Waals surface area contributed by atoms with E-state index in [1.807, 2.05) is 48.4 Å². The molecule has 2 aliphatic rings. The zero-order valence-electron chi connectivity index (χ0n) is 19.6. The predicted octanol–water partition coefficient (Wildman–Crippen LogP) is 5.55. The van der Waals surface area contributed by atoms with Crippen LogP contribution in [0, 0.1) is 0 Å². The summed E-state index contributed by atoms with van der Waals surface area (Å²) < 4.78 is 13.2. The van der Waals surface area contributed by atoms with Crippen molar-refractivity contribution in [2.24, 2.45) is 7.05 Å². The molecule has 0 N–H and O–H groups in total. The summed E-state index contributed by atoms with van der Waals surface area (Å²) in [5.74, 6) is 1.55. The molecule has 0 spiro atoms. The van der Waals surface area contributed by atoms with Gasteiger partial charge in [-0.15, -0.1) is 12.4 Å². The molecule has 2 aliphatic heterocycles. The summed E-state index contributed by atoms with van der Waals surface area (Å²) in [5.41, 5.74) is 6.37. The van der Waals surface area contributed by atoms with Gasteiger partial charge in [0.15, 0.2) is 11.5 Å².